The van der Waals surface area contributed by atoms with Crippen LogP contribution in [-0.2, 0) is 4.79 Å². The summed E-state index contributed by atoms with van der Waals surface area (Å²) in [5, 5.41) is 3.06. The molecule has 0 spiro atoms. The van der Waals surface area contributed by atoms with Gasteiger partial charge in [0, 0.05) is 9.26 Å². The topological polar surface area (TPSA) is 32.3 Å². The summed E-state index contributed by atoms with van der Waals surface area (Å²) in [6, 6.07) is 17.8. The van der Waals surface area contributed by atoms with Crippen molar-refractivity contribution in [3.8, 4) is 0 Å². The van der Waals surface area contributed by atoms with E-state index >= 15 is 0 Å². The average molecular weight is 406 g/mol. The molecule has 114 valence electrons. The van der Waals surface area contributed by atoms with Crippen molar-refractivity contribution in [2.24, 2.45) is 0 Å². The van der Waals surface area contributed by atoms with Gasteiger partial charge in [0.2, 0.25) is 5.91 Å². The third-order valence-electron chi connectivity index (χ3n) is 3.98. The molecule has 2 aromatic rings. The first kappa shape index (κ1) is 15.5. The van der Waals surface area contributed by atoms with Crippen molar-refractivity contribution >= 4 is 34.2 Å². The molecule has 1 amide bonds. The van der Waals surface area contributed by atoms with Crippen molar-refractivity contribution in [3.63, 3.8) is 0 Å². The lowest BCUT2D eigenvalue weighted by molar-refractivity contribution is -0.121. The van der Waals surface area contributed by atoms with Crippen LogP contribution in [0.1, 0.15) is 24.4 Å². The van der Waals surface area contributed by atoms with Gasteiger partial charge in [0.05, 0.1) is 0 Å². The normalized spacial score (nSPS) is 16.4. The second-order valence-corrected chi connectivity index (χ2v) is 6.80. The summed E-state index contributed by atoms with van der Waals surface area (Å²) in [6.07, 6.45) is 2.33. The van der Waals surface area contributed by atoms with Gasteiger partial charge < -0.3 is 5.32 Å². The smallest absolute Gasteiger partial charge is 0.246 e. The molecule has 0 bridgehead atoms. The molecule has 2 aromatic carbocycles. The quantitative estimate of drug-likeness (QED) is 0.777. The zero-order valence-corrected chi connectivity index (χ0v) is 14.5. The number of nitrogens with one attached hydrogen (secondary N) is 1. The van der Waals surface area contributed by atoms with Gasteiger partial charge >= 0.3 is 0 Å². The van der Waals surface area contributed by atoms with E-state index in [0.29, 0.717) is 0 Å². The number of benzene rings is 2. The molecule has 0 aliphatic carbocycles. The van der Waals surface area contributed by atoms with Gasteiger partial charge in [0.25, 0.3) is 0 Å². The average Bonchev–Trinajstić information content (AvgIpc) is 3.05. The van der Waals surface area contributed by atoms with Crippen molar-refractivity contribution in [2.45, 2.75) is 18.9 Å². The number of hydrogen-bond acceptors (Lipinski definition) is 2. The van der Waals surface area contributed by atoms with Crippen LogP contribution in [0.3, 0.4) is 0 Å². The molecule has 22 heavy (non-hydrogen) atoms. The predicted molar refractivity (Wildman–Crippen MR) is 97.8 cm³/mol. The van der Waals surface area contributed by atoms with Crippen LogP contribution in [-0.4, -0.2) is 23.9 Å². The zero-order chi connectivity index (χ0) is 15.4. The van der Waals surface area contributed by atoms with Crippen molar-refractivity contribution in [2.75, 3.05) is 18.4 Å². The second-order valence-electron chi connectivity index (χ2n) is 5.55. The first-order valence-corrected chi connectivity index (χ1v) is 8.67. The molecule has 1 aliphatic rings. The Hall–Kier alpha value is -1.40. The molecule has 1 aliphatic heterocycles. The largest absolute Gasteiger partial charge is 0.324 e. The lowest BCUT2D eigenvalue weighted by Crippen LogP contribution is -2.35. The van der Waals surface area contributed by atoms with Crippen LogP contribution < -0.4 is 5.32 Å². The Labute approximate surface area is 144 Å². The van der Waals surface area contributed by atoms with E-state index in [0.717, 1.165) is 27.9 Å². The fraction of sp³-hybridized carbons (Fsp3) is 0.278. The Morgan fingerprint density at radius 3 is 2.27 bits per heavy atom. The Balaban J connectivity index is 1.82. The van der Waals surface area contributed by atoms with Gasteiger partial charge in [-0.3, -0.25) is 9.69 Å². The highest BCUT2D eigenvalue weighted by atomic mass is 127. The number of carbonyl (C=O) groups is 1. The highest BCUT2D eigenvalue weighted by molar-refractivity contribution is 14.1. The van der Waals surface area contributed by atoms with Crippen LogP contribution in [0.4, 0.5) is 5.69 Å². The number of carbonyl (C=O) groups excluding carboxylic acids is 1. The van der Waals surface area contributed by atoms with Gasteiger partial charge in [0.15, 0.2) is 0 Å². The molecule has 3 nitrogen and oxygen atoms in total. The third-order valence-corrected chi connectivity index (χ3v) is 4.70. The van der Waals surface area contributed by atoms with Gasteiger partial charge in [-0.05, 0) is 78.4 Å². The first-order valence-electron chi connectivity index (χ1n) is 7.59. The molecular weight excluding hydrogens is 387 g/mol. The van der Waals surface area contributed by atoms with Gasteiger partial charge in [-0.25, -0.2) is 0 Å². The van der Waals surface area contributed by atoms with E-state index in [-0.39, 0.29) is 11.9 Å². The molecule has 1 fully saturated rings. The standard InChI is InChI=1S/C18H19IN2O/c19-15-8-10-16(11-9-15)20-18(22)17(21-12-4-5-13-21)14-6-2-1-3-7-14/h1-3,6-11,17H,4-5,12-13H2,(H,20,22). The summed E-state index contributed by atoms with van der Waals surface area (Å²) in [7, 11) is 0. The molecule has 1 unspecified atom stereocenters. The number of halogens is 1. The van der Waals surface area contributed by atoms with Crippen molar-refractivity contribution < 1.29 is 4.79 Å². The van der Waals surface area contributed by atoms with Gasteiger partial charge in [-0.1, -0.05) is 30.3 Å². The number of hydrogen-bond donors (Lipinski definition) is 1. The van der Waals surface area contributed by atoms with Gasteiger partial charge in [0.1, 0.15) is 6.04 Å². The maximum atomic E-state index is 12.8. The van der Waals surface area contributed by atoms with E-state index in [1.165, 1.54) is 12.8 Å². The fourth-order valence-corrected chi connectivity index (χ4v) is 3.27. The molecule has 1 N–H and O–H groups in total. The van der Waals surface area contributed by atoms with Crippen LogP contribution in [0.2, 0.25) is 0 Å². The molecule has 1 atom stereocenters. The van der Waals surface area contributed by atoms with E-state index < -0.39 is 0 Å². The highest BCUT2D eigenvalue weighted by Crippen LogP contribution is 2.26. The highest BCUT2D eigenvalue weighted by Gasteiger charge is 2.29. The van der Waals surface area contributed by atoms with E-state index in [2.05, 4.69) is 32.8 Å². The van der Waals surface area contributed by atoms with Crippen LogP contribution in [0.15, 0.2) is 54.6 Å². The minimum Gasteiger partial charge on any atom is -0.324 e. The maximum Gasteiger partial charge on any atom is 0.246 e. The van der Waals surface area contributed by atoms with Crippen LogP contribution in [0, 0.1) is 3.57 Å². The van der Waals surface area contributed by atoms with E-state index in [4.69, 9.17) is 0 Å². The monoisotopic (exact) mass is 406 g/mol. The van der Waals surface area contributed by atoms with E-state index in [9.17, 15) is 4.79 Å². The van der Waals surface area contributed by atoms with Crippen LogP contribution >= 0.6 is 22.6 Å². The van der Waals surface area contributed by atoms with E-state index in [1.54, 1.807) is 0 Å². The number of likely N-dealkylation sites (tertiary alicyclic amines) is 1. The van der Waals surface area contributed by atoms with E-state index in [1.807, 2.05) is 54.6 Å². The second kappa shape index (κ2) is 7.24. The summed E-state index contributed by atoms with van der Waals surface area (Å²) >= 11 is 2.26. The molecular formula is C18H19IN2O. The molecule has 1 heterocycles. The molecule has 0 radical (unpaired) electrons. The summed E-state index contributed by atoms with van der Waals surface area (Å²) in [4.78, 5) is 15.1. The third kappa shape index (κ3) is 3.67. The molecule has 0 aromatic heterocycles. The van der Waals surface area contributed by atoms with Gasteiger partial charge in [-0.15, -0.1) is 0 Å². The molecule has 1 saturated heterocycles. The minimum absolute atomic E-state index is 0.0503. The fourth-order valence-electron chi connectivity index (χ4n) is 2.91. The van der Waals surface area contributed by atoms with Crippen molar-refractivity contribution in [1.29, 1.82) is 0 Å². The molecule has 0 saturated carbocycles. The lowest BCUT2D eigenvalue weighted by atomic mass is 10.0. The minimum atomic E-state index is -0.206. The number of rotatable bonds is 4. The Bertz CT molecular complexity index is 621. The number of amides is 1. The Morgan fingerprint density at radius 2 is 1.64 bits per heavy atom. The Kier molecular flexibility index (Phi) is 5.10. The molecule has 4 heteroatoms. The summed E-state index contributed by atoms with van der Waals surface area (Å²) in [6.45, 7) is 1.97. The molecule has 3 rings (SSSR count). The summed E-state index contributed by atoms with van der Waals surface area (Å²) in [5.74, 6) is 0.0503. The number of nitrogens with zero attached hydrogens (tertiary/aromatic N) is 1. The van der Waals surface area contributed by atoms with Crippen LogP contribution in [0.5, 0.6) is 0 Å². The summed E-state index contributed by atoms with van der Waals surface area (Å²) in [5.41, 5.74) is 1.91. The predicted octanol–water partition coefficient (Wildman–Crippen LogP) is 4.07. The number of anilines is 1. The van der Waals surface area contributed by atoms with Crippen LogP contribution in [0.25, 0.3) is 0 Å². The Morgan fingerprint density at radius 1 is 1.00 bits per heavy atom. The summed E-state index contributed by atoms with van der Waals surface area (Å²) < 4.78 is 1.16. The SMILES string of the molecule is O=C(Nc1ccc(I)cc1)C(c1ccccc1)N1CCCC1. The first-order chi connectivity index (χ1) is 10.7. The van der Waals surface area contributed by atoms with Crippen molar-refractivity contribution in [3.05, 3.63) is 63.7 Å². The maximum absolute atomic E-state index is 12.8. The zero-order valence-electron chi connectivity index (χ0n) is 12.3. The lowest BCUT2D eigenvalue weighted by Gasteiger charge is -2.27. The van der Waals surface area contributed by atoms with Crippen molar-refractivity contribution in [1.82, 2.24) is 4.90 Å². The van der Waals surface area contributed by atoms with Gasteiger partial charge in [-0.2, -0.15) is 0 Å².